The summed E-state index contributed by atoms with van der Waals surface area (Å²) in [6.45, 7) is -1.79. The van der Waals surface area contributed by atoms with E-state index in [2.05, 4.69) is 4.43 Å². The molecule has 82 valence electrons. The smallest absolute Gasteiger partial charge is 0.256 e. The maximum absolute atomic E-state index is 13.1. The Morgan fingerprint density at radius 2 is 2.07 bits per heavy atom. The summed E-state index contributed by atoms with van der Waals surface area (Å²) in [5, 5.41) is 16.7. The number of rotatable bonds is 5. The average molecular weight is 232 g/mol. The summed E-state index contributed by atoms with van der Waals surface area (Å²) in [4.78, 5) is 0. The number of hydrogen-bond donors (Lipinski definition) is 2. The Labute approximate surface area is 88.3 Å². The molecule has 0 saturated carbocycles. The molecule has 6 heteroatoms. The van der Waals surface area contributed by atoms with Crippen LogP contribution in [0, 0.1) is 11.6 Å². The zero-order valence-electron chi connectivity index (χ0n) is 7.78. The van der Waals surface area contributed by atoms with Crippen LogP contribution in [0.2, 0.25) is 6.04 Å². The normalized spacial score (nSPS) is 11.0. The standard InChI is InChI=1S/C9H10F2O3Si/c10-7-2-1-6(8(11)5-7)3-4-15-14-9(12)13/h1-2,5,9,12-13H,3-4H2. The van der Waals surface area contributed by atoms with Crippen LogP contribution < -0.4 is 0 Å². The zero-order valence-corrected chi connectivity index (χ0v) is 8.78. The van der Waals surface area contributed by atoms with Gasteiger partial charge in [-0.15, -0.1) is 0 Å². The number of halogens is 2. The summed E-state index contributed by atoms with van der Waals surface area (Å²) >= 11 is 0. The van der Waals surface area contributed by atoms with Gasteiger partial charge in [-0.25, -0.2) is 8.78 Å². The van der Waals surface area contributed by atoms with Crippen LogP contribution in [-0.2, 0) is 10.8 Å². The van der Waals surface area contributed by atoms with E-state index in [1.807, 2.05) is 0 Å². The van der Waals surface area contributed by atoms with Crippen LogP contribution in [0.3, 0.4) is 0 Å². The Bertz CT molecular complexity index is 320. The average Bonchev–Trinajstić information content (AvgIpc) is 2.14. The highest BCUT2D eigenvalue weighted by molar-refractivity contribution is 6.27. The Kier molecular flexibility index (Phi) is 4.83. The maximum Gasteiger partial charge on any atom is 0.256 e. The molecule has 1 aromatic rings. The van der Waals surface area contributed by atoms with Crippen molar-refractivity contribution in [2.45, 2.75) is 18.9 Å². The minimum absolute atomic E-state index is 0.129. The minimum Gasteiger partial charge on any atom is -0.372 e. The van der Waals surface area contributed by atoms with Crippen molar-refractivity contribution in [1.29, 1.82) is 0 Å². The third kappa shape index (κ3) is 4.48. The van der Waals surface area contributed by atoms with Gasteiger partial charge in [-0.3, -0.25) is 0 Å². The quantitative estimate of drug-likeness (QED) is 0.449. The van der Waals surface area contributed by atoms with E-state index < -0.39 is 18.1 Å². The molecule has 0 aliphatic heterocycles. The Morgan fingerprint density at radius 1 is 1.33 bits per heavy atom. The van der Waals surface area contributed by atoms with E-state index in [9.17, 15) is 8.78 Å². The van der Waals surface area contributed by atoms with Crippen LogP contribution in [0.5, 0.6) is 0 Å². The molecule has 0 aliphatic rings. The van der Waals surface area contributed by atoms with Gasteiger partial charge in [0, 0.05) is 6.07 Å². The second-order valence-corrected chi connectivity index (χ2v) is 3.85. The van der Waals surface area contributed by atoms with Crippen molar-refractivity contribution in [2.24, 2.45) is 0 Å². The van der Waals surface area contributed by atoms with Crippen LogP contribution in [0.15, 0.2) is 18.2 Å². The lowest BCUT2D eigenvalue weighted by molar-refractivity contribution is -0.180. The van der Waals surface area contributed by atoms with Gasteiger partial charge in [-0.05, 0) is 24.1 Å². The first-order chi connectivity index (χ1) is 7.09. The fourth-order valence-corrected chi connectivity index (χ4v) is 1.68. The lowest BCUT2D eigenvalue weighted by Crippen LogP contribution is -2.13. The summed E-state index contributed by atoms with van der Waals surface area (Å²) < 4.78 is 30.0. The molecule has 3 nitrogen and oxygen atoms in total. The summed E-state index contributed by atoms with van der Waals surface area (Å²) in [7, 11) is -0.129. The highest BCUT2D eigenvalue weighted by Crippen LogP contribution is 2.11. The minimum atomic E-state index is -1.79. The van der Waals surface area contributed by atoms with Crippen LogP contribution in [0.4, 0.5) is 8.78 Å². The summed E-state index contributed by atoms with van der Waals surface area (Å²) in [5.74, 6) is -1.20. The molecule has 15 heavy (non-hydrogen) atoms. The molecule has 0 aromatic heterocycles. The first kappa shape index (κ1) is 12.2. The van der Waals surface area contributed by atoms with Crippen LogP contribution in [-0.4, -0.2) is 26.5 Å². The van der Waals surface area contributed by atoms with E-state index in [1.54, 1.807) is 0 Å². The third-order valence-electron chi connectivity index (χ3n) is 1.70. The molecule has 0 aliphatic carbocycles. The van der Waals surface area contributed by atoms with Crippen molar-refractivity contribution in [3.8, 4) is 0 Å². The first-order valence-corrected chi connectivity index (χ1v) is 5.39. The van der Waals surface area contributed by atoms with Gasteiger partial charge in [0.25, 0.3) is 6.48 Å². The molecule has 0 bridgehead atoms. The molecular weight excluding hydrogens is 222 g/mol. The Hall–Kier alpha value is -0.823. The number of hydrogen-bond acceptors (Lipinski definition) is 3. The number of aryl methyl sites for hydroxylation is 1. The fraction of sp³-hybridized carbons (Fsp3) is 0.333. The molecule has 0 atom stereocenters. The number of benzene rings is 1. The van der Waals surface area contributed by atoms with E-state index >= 15 is 0 Å². The van der Waals surface area contributed by atoms with Gasteiger partial charge in [0.15, 0.2) is 0 Å². The topological polar surface area (TPSA) is 49.7 Å². The van der Waals surface area contributed by atoms with E-state index in [0.717, 1.165) is 6.07 Å². The van der Waals surface area contributed by atoms with Crippen LogP contribution in [0.1, 0.15) is 5.56 Å². The predicted molar refractivity (Wildman–Crippen MR) is 49.9 cm³/mol. The van der Waals surface area contributed by atoms with Crippen molar-refractivity contribution in [1.82, 2.24) is 0 Å². The van der Waals surface area contributed by atoms with Crippen LogP contribution in [0.25, 0.3) is 0 Å². The lowest BCUT2D eigenvalue weighted by Gasteiger charge is -2.04. The van der Waals surface area contributed by atoms with Gasteiger partial charge in [-0.1, -0.05) is 6.07 Å². The SMILES string of the molecule is OC(O)O[Si]CCc1ccc(F)cc1F. The molecule has 1 rings (SSSR count). The Balaban J connectivity index is 2.37. The van der Waals surface area contributed by atoms with E-state index in [-0.39, 0.29) is 9.76 Å². The second-order valence-electron chi connectivity index (χ2n) is 2.82. The molecule has 0 unspecified atom stereocenters. The molecule has 0 saturated heterocycles. The summed E-state index contributed by atoms with van der Waals surface area (Å²) in [6.07, 6.45) is 0.372. The van der Waals surface area contributed by atoms with Crippen LogP contribution >= 0.6 is 0 Å². The van der Waals surface area contributed by atoms with Crippen molar-refractivity contribution < 1.29 is 23.4 Å². The van der Waals surface area contributed by atoms with Gasteiger partial charge in [-0.2, -0.15) is 0 Å². The highest BCUT2D eigenvalue weighted by atomic mass is 28.2. The van der Waals surface area contributed by atoms with Crippen molar-refractivity contribution >= 4 is 9.76 Å². The van der Waals surface area contributed by atoms with Gasteiger partial charge in [0.05, 0.1) is 0 Å². The molecule has 2 radical (unpaired) electrons. The fourth-order valence-electron chi connectivity index (χ4n) is 1.04. The molecule has 0 fully saturated rings. The second kappa shape index (κ2) is 5.91. The predicted octanol–water partition coefficient (Wildman–Crippen LogP) is 0.830. The molecule has 2 N–H and O–H groups in total. The van der Waals surface area contributed by atoms with Crippen molar-refractivity contribution in [3.05, 3.63) is 35.4 Å². The Morgan fingerprint density at radius 3 is 2.67 bits per heavy atom. The van der Waals surface area contributed by atoms with E-state index in [1.165, 1.54) is 12.1 Å². The third-order valence-corrected chi connectivity index (χ3v) is 2.53. The summed E-state index contributed by atoms with van der Waals surface area (Å²) in [5.41, 5.74) is 0.389. The van der Waals surface area contributed by atoms with Gasteiger partial charge >= 0.3 is 0 Å². The summed E-state index contributed by atoms with van der Waals surface area (Å²) in [6, 6.07) is 3.83. The van der Waals surface area contributed by atoms with Gasteiger partial charge in [0.1, 0.15) is 11.6 Å². The van der Waals surface area contributed by atoms with Gasteiger partial charge < -0.3 is 14.6 Å². The monoisotopic (exact) mass is 232 g/mol. The molecular formula is C9H10F2O3Si. The maximum atomic E-state index is 13.1. The lowest BCUT2D eigenvalue weighted by atomic mass is 10.1. The van der Waals surface area contributed by atoms with Crippen molar-refractivity contribution in [3.63, 3.8) is 0 Å². The van der Waals surface area contributed by atoms with Crippen molar-refractivity contribution in [2.75, 3.05) is 0 Å². The number of aliphatic hydroxyl groups excluding tert-OH is 1. The van der Waals surface area contributed by atoms with E-state index in [4.69, 9.17) is 10.2 Å². The first-order valence-electron chi connectivity index (χ1n) is 4.28. The molecule has 0 amide bonds. The highest BCUT2D eigenvalue weighted by Gasteiger charge is 2.05. The molecule has 0 spiro atoms. The van der Waals surface area contributed by atoms with Gasteiger partial charge in [0.2, 0.25) is 9.76 Å². The molecule has 1 aromatic carbocycles. The molecule has 0 heterocycles. The largest absolute Gasteiger partial charge is 0.372 e. The number of aliphatic hydroxyl groups is 2. The van der Waals surface area contributed by atoms with E-state index in [0.29, 0.717) is 18.0 Å². The zero-order chi connectivity index (χ0) is 11.3.